The largest absolute Gasteiger partial charge is 0.381 e. The minimum Gasteiger partial charge on any atom is -0.381 e. The average molecular weight is 319 g/mol. The molecule has 1 N–H and O–H groups in total. The first-order valence-electron chi connectivity index (χ1n) is 5.84. The zero-order valence-corrected chi connectivity index (χ0v) is 12.4. The Kier molecular flexibility index (Phi) is 4.47. The molecule has 1 aliphatic carbocycles. The van der Waals surface area contributed by atoms with Crippen molar-refractivity contribution in [1.29, 1.82) is 0 Å². The van der Waals surface area contributed by atoms with E-state index in [1.54, 1.807) is 7.11 Å². The first-order chi connectivity index (χ1) is 8.10. The Morgan fingerprint density at radius 1 is 1.47 bits per heavy atom. The maximum Gasteiger partial charge on any atom is 0.0601 e. The zero-order chi connectivity index (χ0) is 12.4. The molecule has 0 radical (unpaired) electrons. The summed E-state index contributed by atoms with van der Waals surface area (Å²) in [6.45, 7) is 2.15. The first-order valence-corrected chi connectivity index (χ1v) is 7.01. The molecule has 1 saturated carbocycles. The van der Waals surface area contributed by atoms with E-state index >= 15 is 0 Å². The maximum absolute atomic E-state index is 6.23. The van der Waals surface area contributed by atoms with E-state index < -0.39 is 0 Å². The van der Waals surface area contributed by atoms with Crippen LogP contribution in [0.15, 0.2) is 22.7 Å². The van der Waals surface area contributed by atoms with Gasteiger partial charge in [0, 0.05) is 28.7 Å². The normalized spacial score (nSPS) is 25.4. The van der Waals surface area contributed by atoms with E-state index in [1.807, 2.05) is 12.1 Å². The quantitative estimate of drug-likeness (QED) is 0.908. The molecule has 0 bridgehead atoms. The molecule has 1 fully saturated rings. The molecule has 1 aromatic carbocycles. The Hall–Kier alpha value is -0.0900. The Morgan fingerprint density at radius 3 is 2.76 bits per heavy atom. The predicted molar refractivity (Wildman–Crippen MR) is 74.5 cm³/mol. The van der Waals surface area contributed by atoms with Gasteiger partial charge in [-0.05, 0) is 37.5 Å². The third kappa shape index (κ3) is 3.22. The third-order valence-electron chi connectivity index (χ3n) is 3.34. The summed E-state index contributed by atoms with van der Waals surface area (Å²) in [5.41, 5.74) is 1.15. The molecule has 0 saturated heterocycles. The van der Waals surface area contributed by atoms with Crippen molar-refractivity contribution in [1.82, 2.24) is 5.32 Å². The van der Waals surface area contributed by atoms with Gasteiger partial charge in [0.15, 0.2) is 0 Å². The third-order valence-corrected chi connectivity index (χ3v) is 4.16. The van der Waals surface area contributed by atoms with Gasteiger partial charge in [-0.3, -0.25) is 0 Å². The van der Waals surface area contributed by atoms with Crippen LogP contribution in [0.4, 0.5) is 0 Å². The topological polar surface area (TPSA) is 21.3 Å². The smallest absolute Gasteiger partial charge is 0.0601 e. The second-order valence-corrected chi connectivity index (χ2v) is 5.90. The van der Waals surface area contributed by atoms with Crippen molar-refractivity contribution in [3.8, 4) is 0 Å². The van der Waals surface area contributed by atoms with Crippen molar-refractivity contribution in [2.45, 2.75) is 38.0 Å². The molecule has 0 spiro atoms. The van der Waals surface area contributed by atoms with Crippen LogP contribution in [0.2, 0.25) is 5.02 Å². The van der Waals surface area contributed by atoms with Gasteiger partial charge in [0.25, 0.3) is 0 Å². The highest BCUT2D eigenvalue weighted by Gasteiger charge is 2.30. The molecule has 0 aliphatic heterocycles. The number of hydrogen-bond acceptors (Lipinski definition) is 2. The molecule has 0 heterocycles. The minimum atomic E-state index is 0.276. The number of methoxy groups -OCH3 is 1. The molecule has 94 valence electrons. The molecule has 1 aliphatic rings. The van der Waals surface area contributed by atoms with Crippen molar-refractivity contribution < 1.29 is 4.74 Å². The summed E-state index contributed by atoms with van der Waals surface area (Å²) in [6.07, 6.45) is 2.62. The summed E-state index contributed by atoms with van der Waals surface area (Å²) >= 11 is 9.65. The summed E-state index contributed by atoms with van der Waals surface area (Å²) in [6, 6.07) is 6.86. The first kappa shape index (κ1) is 13.3. The lowest BCUT2D eigenvalue weighted by Crippen LogP contribution is -2.45. The summed E-state index contributed by atoms with van der Waals surface area (Å²) < 4.78 is 6.29. The van der Waals surface area contributed by atoms with E-state index in [4.69, 9.17) is 16.3 Å². The van der Waals surface area contributed by atoms with Gasteiger partial charge in [0.1, 0.15) is 0 Å². The number of hydrogen-bond donors (Lipinski definition) is 1. The minimum absolute atomic E-state index is 0.276. The van der Waals surface area contributed by atoms with E-state index in [-0.39, 0.29) is 6.04 Å². The zero-order valence-electron chi connectivity index (χ0n) is 10.0. The van der Waals surface area contributed by atoms with Crippen LogP contribution in [0.25, 0.3) is 0 Å². The molecule has 2 rings (SSSR count). The van der Waals surface area contributed by atoms with E-state index in [0.29, 0.717) is 12.1 Å². The van der Waals surface area contributed by atoms with E-state index in [1.165, 1.54) is 0 Å². The van der Waals surface area contributed by atoms with Gasteiger partial charge in [0.2, 0.25) is 0 Å². The number of halogens is 2. The van der Waals surface area contributed by atoms with Gasteiger partial charge in [-0.25, -0.2) is 0 Å². The number of rotatable bonds is 4. The summed E-state index contributed by atoms with van der Waals surface area (Å²) in [5.74, 6) is 0. The van der Waals surface area contributed by atoms with Crippen LogP contribution in [0.3, 0.4) is 0 Å². The standard InChI is InChI=1S/C13H17BrClNO/c1-8(16-10-6-11(7-10)17-2)12-4-3-9(14)5-13(12)15/h3-5,8,10-11,16H,6-7H2,1-2H3. The van der Waals surface area contributed by atoms with Crippen LogP contribution in [-0.4, -0.2) is 19.3 Å². The second-order valence-electron chi connectivity index (χ2n) is 4.58. The van der Waals surface area contributed by atoms with Gasteiger partial charge in [-0.1, -0.05) is 33.6 Å². The van der Waals surface area contributed by atoms with Crippen LogP contribution in [0.1, 0.15) is 31.4 Å². The summed E-state index contributed by atoms with van der Waals surface area (Å²) in [4.78, 5) is 0. The van der Waals surface area contributed by atoms with Crippen molar-refractivity contribution in [3.63, 3.8) is 0 Å². The van der Waals surface area contributed by atoms with E-state index in [9.17, 15) is 0 Å². The highest BCUT2D eigenvalue weighted by Crippen LogP contribution is 2.29. The fourth-order valence-corrected chi connectivity index (χ4v) is 3.03. The summed E-state index contributed by atoms with van der Waals surface area (Å²) in [5, 5.41) is 4.38. The van der Waals surface area contributed by atoms with E-state index in [2.05, 4.69) is 34.2 Å². The molecule has 0 aromatic heterocycles. The van der Waals surface area contributed by atoms with Crippen molar-refractivity contribution in [2.75, 3.05) is 7.11 Å². The van der Waals surface area contributed by atoms with E-state index in [0.717, 1.165) is 27.9 Å². The lowest BCUT2D eigenvalue weighted by atomic mass is 9.88. The molecule has 4 heteroatoms. The van der Waals surface area contributed by atoms with Crippen molar-refractivity contribution in [3.05, 3.63) is 33.3 Å². The fraction of sp³-hybridized carbons (Fsp3) is 0.538. The molecular formula is C13H17BrClNO. The number of nitrogens with one attached hydrogen (secondary N) is 1. The Morgan fingerprint density at radius 2 is 2.18 bits per heavy atom. The molecule has 1 aromatic rings. The summed E-state index contributed by atoms with van der Waals surface area (Å²) in [7, 11) is 1.77. The van der Waals surface area contributed by atoms with Gasteiger partial charge in [-0.2, -0.15) is 0 Å². The fourth-order valence-electron chi connectivity index (χ4n) is 2.19. The molecule has 17 heavy (non-hydrogen) atoms. The van der Waals surface area contributed by atoms with Crippen molar-refractivity contribution in [2.24, 2.45) is 0 Å². The van der Waals surface area contributed by atoms with Crippen LogP contribution < -0.4 is 5.32 Å². The lowest BCUT2D eigenvalue weighted by molar-refractivity contribution is 0.0147. The number of benzene rings is 1. The van der Waals surface area contributed by atoms with Gasteiger partial charge in [-0.15, -0.1) is 0 Å². The van der Waals surface area contributed by atoms with Gasteiger partial charge < -0.3 is 10.1 Å². The monoisotopic (exact) mass is 317 g/mol. The molecule has 0 amide bonds. The highest BCUT2D eigenvalue weighted by atomic mass is 79.9. The maximum atomic E-state index is 6.23. The second kappa shape index (κ2) is 5.70. The molecular weight excluding hydrogens is 302 g/mol. The van der Waals surface area contributed by atoms with Crippen LogP contribution >= 0.6 is 27.5 Å². The van der Waals surface area contributed by atoms with Gasteiger partial charge in [0.05, 0.1) is 6.10 Å². The Bertz CT molecular complexity index is 393. The van der Waals surface area contributed by atoms with Gasteiger partial charge >= 0.3 is 0 Å². The molecule has 1 unspecified atom stereocenters. The highest BCUT2D eigenvalue weighted by molar-refractivity contribution is 9.10. The Labute approximate surface area is 116 Å². The SMILES string of the molecule is COC1CC(NC(C)c2ccc(Br)cc2Cl)C1. The molecule has 2 nitrogen and oxygen atoms in total. The Balaban J connectivity index is 1.93. The van der Waals surface area contributed by atoms with Crippen LogP contribution in [-0.2, 0) is 4.74 Å². The van der Waals surface area contributed by atoms with Crippen LogP contribution in [0.5, 0.6) is 0 Å². The molecule has 1 atom stereocenters. The predicted octanol–water partition coefficient (Wildman–Crippen LogP) is 3.93. The van der Waals surface area contributed by atoms with Crippen LogP contribution in [0, 0.1) is 0 Å². The lowest BCUT2D eigenvalue weighted by Gasteiger charge is -2.37. The number of ether oxygens (including phenoxy) is 1. The van der Waals surface area contributed by atoms with Crippen molar-refractivity contribution >= 4 is 27.5 Å². The average Bonchev–Trinajstić information content (AvgIpc) is 2.22.